The van der Waals surface area contributed by atoms with Gasteiger partial charge in [-0.1, -0.05) is 0 Å². The van der Waals surface area contributed by atoms with Crippen molar-refractivity contribution in [1.82, 2.24) is 25.6 Å². The number of aryl methyl sites for hydroxylation is 1. The lowest BCUT2D eigenvalue weighted by molar-refractivity contribution is -0.176. The molecule has 1 aromatic carbocycles. The third kappa shape index (κ3) is 6.33. The molecule has 2 aromatic heterocycles. The zero-order chi connectivity index (χ0) is 25.9. The van der Waals surface area contributed by atoms with Crippen molar-refractivity contribution in [2.24, 2.45) is 0 Å². The number of morpholine rings is 1. The molecule has 13 heteroatoms. The summed E-state index contributed by atoms with van der Waals surface area (Å²) in [6, 6.07) is 4.03. The van der Waals surface area contributed by atoms with E-state index in [2.05, 4.69) is 25.6 Å². The van der Waals surface area contributed by atoms with E-state index in [4.69, 9.17) is 9.47 Å². The SMILES string of the molecule is Cc1cnc(-c2cc(OCC3(F)CNCCO3)cc(C(=O)N[C@H](C)c3cnc(C(F)(F)F)nc3)c2)s1. The molecule has 3 aromatic rings. The normalized spacial score (nSPS) is 19.1. The number of ether oxygens (including phenoxy) is 2. The molecule has 0 spiro atoms. The number of hydrogen-bond acceptors (Lipinski definition) is 8. The molecule has 8 nitrogen and oxygen atoms in total. The minimum Gasteiger partial charge on any atom is -0.488 e. The first kappa shape index (κ1) is 25.9. The van der Waals surface area contributed by atoms with Crippen LogP contribution in [0.5, 0.6) is 5.75 Å². The van der Waals surface area contributed by atoms with Crippen molar-refractivity contribution >= 4 is 17.2 Å². The zero-order valence-electron chi connectivity index (χ0n) is 19.4. The van der Waals surface area contributed by atoms with Crippen LogP contribution in [-0.4, -0.2) is 53.0 Å². The van der Waals surface area contributed by atoms with Gasteiger partial charge in [0, 0.05) is 46.7 Å². The summed E-state index contributed by atoms with van der Waals surface area (Å²) in [5.74, 6) is -3.55. The topological polar surface area (TPSA) is 98.3 Å². The van der Waals surface area contributed by atoms with E-state index in [1.54, 1.807) is 25.3 Å². The van der Waals surface area contributed by atoms with Crippen LogP contribution in [0.1, 0.15) is 39.6 Å². The summed E-state index contributed by atoms with van der Waals surface area (Å²) >= 11 is 1.41. The summed E-state index contributed by atoms with van der Waals surface area (Å²) in [5.41, 5.74) is 1.09. The fourth-order valence-electron chi connectivity index (χ4n) is 3.41. The molecule has 1 aliphatic heterocycles. The Hall–Kier alpha value is -3.16. The highest BCUT2D eigenvalue weighted by molar-refractivity contribution is 7.14. The van der Waals surface area contributed by atoms with Crippen LogP contribution < -0.4 is 15.4 Å². The smallest absolute Gasteiger partial charge is 0.451 e. The zero-order valence-corrected chi connectivity index (χ0v) is 20.2. The fourth-order valence-corrected chi connectivity index (χ4v) is 4.16. The molecule has 1 fully saturated rings. The predicted octanol–water partition coefficient (Wildman–Crippen LogP) is 4.08. The second kappa shape index (κ2) is 10.4. The fraction of sp³-hybridized carbons (Fsp3) is 0.391. The number of alkyl halides is 4. The Labute approximate surface area is 208 Å². The van der Waals surface area contributed by atoms with E-state index in [9.17, 15) is 22.4 Å². The number of rotatable bonds is 7. The van der Waals surface area contributed by atoms with Gasteiger partial charge in [0.1, 0.15) is 17.4 Å². The van der Waals surface area contributed by atoms with Gasteiger partial charge in [0.15, 0.2) is 0 Å². The average Bonchev–Trinajstić information content (AvgIpc) is 3.29. The summed E-state index contributed by atoms with van der Waals surface area (Å²) in [7, 11) is 0. The Balaban J connectivity index is 1.54. The van der Waals surface area contributed by atoms with Crippen LogP contribution >= 0.6 is 11.3 Å². The van der Waals surface area contributed by atoms with Gasteiger partial charge in [-0.2, -0.15) is 13.2 Å². The number of hydrogen-bond donors (Lipinski definition) is 2. The minimum atomic E-state index is -4.66. The van der Waals surface area contributed by atoms with E-state index < -0.39 is 29.8 Å². The van der Waals surface area contributed by atoms with E-state index in [1.165, 1.54) is 17.4 Å². The van der Waals surface area contributed by atoms with Crippen LogP contribution in [0.2, 0.25) is 0 Å². The highest BCUT2D eigenvalue weighted by Crippen LogP contribution is 2.31. The molecule has 2 atom stereocenters. The second-order valence-electron chi connectivity index (χ2n) is 8.25. The van der Waals surface area contributed by atoms with E-state index in [0.29, 0.717) is 22.7 Å². The van der Waals surface area contributed by atoms with Crippen LogP contribution in [0.15, 0.2) is 36.8 Å². The molecular weight excluding hydrogens is 502 g/mol. The summed E-state index contributed by atoms with van der Waals surface area (Å²) in [6.07, 6.45) is -0.934. The molecule has 0 bridgehead atoms. The van der Waals surface area contributed by atoms with Gasteiger partial charge in [0.25, 0.3) is 11.8 Å². The van der Waals surface area contributed by atoms with Gasteiger partial charge < -0.3 is 20.1 Å². The largest absolute Gasteiger partial charge is 0.488 e. The third-order valence-electron chi connectivity index (χ3n) is 5.29. The molecule has 3 heterocycles. The third-order valence-corrected chi connectivity index (χ3v) is 6.25. The number of nitrogens with zero attached hydrogens (tertiary/aromatic N) is 3. The molecule has 192 valence electrons. The van der Waals surface area contributed by atoms with Crippen molar-refractivity contribution in [3.63, 3.8) is 0 Å². The van der Waals surface area contributed by atoms with Crippen molar-refractivity contribution in [1.29, 1.82) is 0 Å². The van der Waals surface area contributed by atoms with Crippen LogP contribution in [0, 0.1) is 6.92 Å². The summed E-state index contributed by atoms with van der Waals surface area (Å²) in [4.78, 5) is 25.0. The molecule has 0 aliphatic carbocycles. The number of nitrogens with one attached hydrogen (secondary N) is 2. The van der Waals surface area contributed by atoms with Gasteiger partial charge in [0.2, 0.25) is 5.82 Å². The maximum absolute atomic E-state index is 14.8. The Morgan fingerprint density at radius 3 is 2.61 bits per heavy atom. The Bertz CT molecular complexity index is 1210. The number of aromatic nitrogens is 3. The molecule has 2 N–H and O–H groups in total. The molecule has 1 saturated heterocycles. The first-order valence-electron chi connectivity index (χ1n) is 11.0. The van der Waals surface area contributed by atoms with Gasteiger partial charge in [-0.05, 0) is 32.0 Å². The number of benzene rings is 1. The number of thiazole rings is 1. The van der Waals surface area contributed by atoms with Crippen molar-refractivity contribution in [3.05, 3.63) is 58.6 Å². The molecule has 0 saturated carbocycles. The predicted molar refractivity (Wildman–Crippen MR) is 123 cm³/mol. The van der Waals surface area contributed by atoms with Crippen molar-refractivity contribution in [2.45, 2.75) is 31.9 Å². The highest BCUT2D eigenvalue weighted by Gasteiger charge is 2.35. The van der Waals surface area contributed by atoms with Crippen LogP contribution in [0.3, 0.4) is 0 Å². The summed E-state index contributed by atoms with van der Waals surface area (Å²) in [5, 5.41) is 6.26. The Morgan fingerprint density at radius 1 is 1.25 bits per heavy atom. The Morgan fingerprint density at radius 2 is 2.00 bits per heavy atom. The lowest BCUT2D eigenvalue weighted by Gasteiger charge is -2.30. The Kier molecular flexibility index (Phi) is 7.52. The van der Waals surface area contributed by atoms with E-state index in [1.807, 2.05) is 6.92 Å². The van der Waals surface area contributed by atoms with Gasteiger partial charge in [0.05, 0.1) is 19.2 Å². The number of carbonyl (C=O) groups is 1. The van der Waals surface area contributed by atoms with E-state index >= 15 is 0 Å². The van der Waals surface area contributed by atoms with Crippen LogP contribution in [-0.2, 0) is 10.9 Å². The van der Waals surface area contributed by atoms with Gasteiger partial charge >= 0.3 is 6.18 Å². The number of amides is 1. The molecule has 36 heavy (non-hydrogen) atoms. The lowest BCUT2D eigenvalue weighted by Crippen LogP contribution is -2.50. The highest BCUT2D eigenvalue weighted by atomic mass is 32.1. The van der Waals surface area contributed by atoms with E-state index in [0.717, 1.165) is 17.3 Å². The quantitative estimate of drug-likeness (QED) is 0.449. The van der Waals surface area contributed by atoms with E-state index in [-0.39, 0.29) is 31.1 Å². The molecule has 1 unspecified atom stereocenters. The maximum atomic E-state index is 14.8. The lowest BCUT2D eigenvalue weighted by atomic mass is 10.1. The summed E-state index contributed by atoms with van der Waals surface area (Å²) in [6.45, 7) is 3.81. The summed E-state index contributed by atoms with van der Waals surface area (Å²) < 4.78 is 63.9. The molecule has 0 radical (unpaired) electrons. The first-order valence-corrected chi connectivity index (χ1v) is 11.8. The minimum absolute atomic E-state index is 0.0293. The molecular formula is C23H23F4N5O3S. The van der Waals surface area contributed by atoms with Crippen molar-refractivity contribution in [2.75, 3.05) is 26.3 Å². The van der Waals surface area contributed by atoms with Gasteiger partial charge in [-0.15, -0.1) is 11.3 Å². The number of carbonyl (C=O) groups excluding carboxylic acids is 1. The average molecular weight is 526 g/mol. The first-order chi connectivity index (χ1) is 17.0. The van der Waals surface area contributed by atoms with Crippen LogP contribution in [0.4, 0.5) is 17.6 Å². The van der Waals surface area contributed by atoms with Gasteiger partial charge in [-0.25, -0.2) is 19.3 Å². The standard InChI is InChI=1S/C23H23F4N5O3S/c1-13-8-29-20(36-13)16-5-15(6-18(7-16)34-12-22(24)11-28-3-4-35-22)19(33)32-14(2)17-9-30-21(31-10-17)23(25,26)27/h5-10,14,28H,3-4,11-12H2,1-2H3,(H,32,33)/t14-,22?/m1/s1. The molecule has 1 aliphatic rings. The van der Waals surface area contributed by atoms with Gasteiger partial charge in [-0.3, -0.25) is 4.79 Å². The van der Waals surface area contributed by atoms with Crippen molar-refractivity contribution < 1.29 is 31.8 Å². The second-order valence-corrected chi connectivity index (χ2v) is 9.49. The van der Waals surface area contributed by atoms with Crippen molar-refractivity contribution in [3.8, 4) is 16.3 Å². The maximum Gasteiger partial charge on any atom is 0.451 e. The molecule has 4 rings (SSSR count). The monoisotopic (exact) mass is 525 g/mol. The molecule has 1 amide bonds. The number of halogens is 4. The van der Waals surface area contributed by atoms with Crippen LogP contribution in [0.25, 0.3) is 10.6 Å².